The number of ether oxygens (including phenoxy) is 2. The summed E-state index contributed by atoms with van der Waals surface area (Å²) in [6.07, 6.45) is 3.11. The Hall–Kier alpha value is -5.19. The second-order valence-electron chi connectivity index (χ2n) is 9.39. The second-order valence-corrected chi connectivity index (χ2v) is 12.4. The van der Waals surface area contributed by atoms with E-state index in [9.17, 15) is 9.59 Å². The second kappa shape index (κ2) is 13.6. The third-order valence-electron chi connectivity index (χ3n) is 6.81. The van der Waals surface area contributed by atoms with E-state index in [2.05, 4.69) is 0 Å². The van der Waals surface area contributed by atoms with Crippen molar-refractivity contribution in [3.8, 4) is 0 Å². The Bertz CT molecular complexity index is 1690. The van der Waals surface area contributed by atoms with E-state index >= 15 is 0 Å². The molecule has 43 heavy (non-hydrogen) atoms. The van der Waals surface area contributed by atoms with E-state index in [-0.39, 0.29) is 16.8 Å². The summed E-state index contributed by atoms with van der Waals surface area (Å²) < 4.78 is 22.0. The molecule has 5 rings (SSSR count). The van der Waals surface area contributed by atoms with Crippen molar-refractivity contribution in [1.82, 2.24) is 0 Å². The molecule has 6 nitrogen and oxygen atoms in total. The van der Waals surface area contributed by atoms with Crippen LogP contribution in [0.5, 0.6) is 0 Å². The van der Waals surface area contributed by atoms with Crippen LogP contribution in [0.25, 0.3) is 11.8 Å². The standard InChI is InChI=1S/C36H30NO5P/c1-40-35(38)31(26-27-16-7-3-8-17-27)33(36(39)41-2)34(32-24-15-25-42-32)37-43(28-18-9-4-10-19-28,29-20-11-5-12-21-29)30-22-13-6-14-23-30/h3-26H,1-2H3/b31-26+,34-33-. The lowest BCUT2D eigenvalue weighted by molar-refractivity contribution is -0.139. The summed E-state index contributed by atoms with van der Waals surface area (Å²) in [4.78, 5) is 27.2. The van der Waals surface area contributed by atoms with Crippen molar-refractivity contribution in [1.29, 1.82) is 0 Å². The minimum absolute atomic E-state index is 0.0111. The van der Waals surface area contributed by atoms with Gasteiger partial charge in [0, 0.05) is 15.9 Å². The molecule has 0 radical (unpaired) electrons. The Morgan fingerprint density at radius 3 is 1.51 bits per heavy atom. The molecular formula is C36H30NO5P. The highest BCUT2D eigenvalue weighted by atomic mass is 31.2. The first-order valence-corrected chi connectivity index (χ1v) is 15.3. The molecule has 0 bridgehead atoms. The van der Waals surface area contributed by atoms with Gasteiger partial charge in [-0.05, 0) is 23.8 Å². The van der Waals surface area contributed by atoms with Gasteiger partial charge in [-0.25, -0.2) is 14.3 Å². The summed E-state index contributed by atoms with van der Waals surface area (Å²) in [7, 11) is -0.351. The largest absolute Gasteiger partial charge is 0.465 e. The molecule has 0 atom stereocenters. The molecule has 0 amide bonds. The lowest BCUT2D eigenvalue weighted by Crippen LogP contribution is -2.26. The van der Waals surface area contributed by atoms with Crippen molar-refractivity contribution in [2.75, 3.05) is 14.2 Å². The third kappa shape index (κ3) is 6.20. The fraction of sp³-hybridized carbons (Fsp3) is 0.0556. The summed E-state index contributed by atoms with van der Waals surface area (Å²) >= 11 is 0. The fourth-order valence-corrected chi connectivity index (χ4v) is 8.38. The average molecular weight is 588 g/mol. The Kier molecular flexibility index (Phi) is 9.30. The van der Waals surface area contributed by atoms with Gasteiger partial charge in [0.2, 0.25) is 0 Å². The predicted octanol–water partition coefficient (Wildman–Crippen LogP) is 6.60. The van der Waals surface area contributed by atoms with Crippen molar-refractivity contribution in [3.63, 3.8) is 0 Å². The Morgan fingerprint density at radius 2 is 1.09 bits per heavy atom. The molecule has 7 heteroatoms. The molecular weight excluding hydrogens is 557 g/mol. The zero-order chi connectivity index (χ0) is 30.1. The molecule has 0 N–H and O–H groups in total. The molecule has 0 spiro atoms. The van der Waals surface area contributed by atoms with Crippen LogP contribution < -0.4 is 15.9 Å². The van der Waals surface area contributed by atoms with Gasteiger partial charge in [0.15, 0.2) is 5.76 Å². The van der Waals surface area contributed by atoms with Gasteiger partial charge in [-0.2, -0.15) is 0 Å². The van der Waals surface area contributed by atoms with Crippen LogP contribution in [0.4, 0.5) is 0 Å². The van der Waals surface area contributed by atoms with Gasteiger partial charge in [0.05, 0.1) is 33.1 Å². The van der Waals surface area contributed by atoms with Gasteiger partial charge in [-0.15, -0.1) is 0 Å². The molecule has 0 fully saturated rings. The first-order valence-electron chi connectivity index (χ1n) is 13.6. The molecule has 0 aliphatic carbocycles. The van der Waals surface area contributed by atoms with Crippen molar-refractivity contribution < 1.29 is 23.5 Å². The van der Waals surface area contributed by atoms with Crippen LogP contribution >= 0.6 is 7.05 Å². The molecule has 0 aliphatic rings. The molecule has 214 valence electrons. The molecule has 4 aromatic carbocycles. The number of hydrogen-bond acceptors (Lipinski definition) is 6. The fourth-order valence-electron chi connectivity index (χ4n) is 4.83. The van der Waals surface area contributed by atoms with Crippen LogP contribution in [0, 0.1) is 0 Å². The van der Waals surface area contributed by atoms with Gasteiger partial charge in [-0.3, -0.25) is 0 Å². The molecule has 5 aromatic rings. The predicted molar refractivity (Wildman–Crippen MR) is 172 cm³/mol. The van der Waals surface area contributed by atoms with Crippen LogP contribution in [0.15, 0.2) is 160 Å². The van der Waals surface area contributed by atoms with Crippen molar-refractivity contribution >= 4 is 46.7 Å². The smallest absolute Gasteiger partial charge is 0.341 e. The number of hydrogen-bond donors (Lipinski definition) is 0. The number of carbonyl (C=O) groups is 2. The Balaban J connectivity index is 2.02. The van der Waals surface area contributed by atoms with Gasteiger partial charge in [-0.1, -0.05) is 121 Å². The molecule has 0 saturated carbocycles. The Morgan fingerprint density at radius 1 is 0.628 bits per heavy atom. The monoisotopic (exact) mass is 587 g/mol. The molecule has 0 saturated heterocycles. The summed E-state index contributed by atoms with van der Waals surface area (Å²) in [5.74, 6) is -1.17. The van der Waals surface area contributed by atoms with Gasteiger partial charge in [0.1, 0.15) is 11.3 Å². The summed E-state index contributed by atoms with van der Waals surface area (Å²) in [5.41, 5.74) is 0.788. The maximum Gasteiger partial charge on any atom is 0.341 e. The summed E-state index contributed by atoms with van der Waals surface area (Å²) in [5, 5.41) is 2.85. The lowest BCUT2D eigenvalue weighted by atomic mass is 10.00. The molecule has 1 heterocycles. The van der Waals surface area contributed by atoms with E-state index in [0.717, 1.165) is 15.9 Å². The number of esters is 2. The van der Waals surface area contributed by atoms with E-state index in [1.807, 2.05) is 121 Å². The SMILES string of the molecule is COC(=O)C(=C(\N=P(c1ccccc1)(c1ccccc1)c1ccccc1)c1ccco1)/C(=C\c1ccccc1)C(=O)OC. The first kappa shape index (κ1) is 29.3. The maximum absolute atomic E-state index is 13.8. The minimum Gasteiger partial charge on any atom is -0.465 e. The zero-order valence-corrected chi connectivity index (χ0v) is 24.7. The summed E-state index contributed by atoms with van der Waals surface area (Å²) in [6.45, 7) is 0. The number of rotatable bonds is 9. The number of benzene rings is 4. The van der Waals surface area contributed by atoms with E-state index in [4.69, 9.17) is 18.6 Å². The van der Waals surface area contributed by atoms with Crippen LogP contribution in [-0.2, 0) is 19.1 Å². The van der Waals surface area contributed by atoms with Crippen LogP contribution in [0.2, 0.25) is 0 Å². The van der Waals surface area contributed by atoms with Crippen molar-refractivity contribution in [2.45, 2.75) is 0 Å². The van der Waals surface area contributed by atoms with Crippen molar-refractivity contribution in [2.24, 2.45) is 4.74 Å². The third-order valence-corrected chi connectivity index (χ3v) is 10.4. The average Bonchev–Trinajstić information content (AvgIpc) is 3.62. The molecule has 0 aliphatic heterocycles. The highest BCUT2D eigenvalue weighted by Crippen LogP contribution is 2.50. The number of furan rings is 1. The van der Waals surface area contributed by atoms with Crippen molar-refractivity contribution in [3.05, 3.63) is 162 Å². The maximum atomic E-state index is 13.8. The minimum atomic E-state index is -2.90. The lowest BCUT2D eigenvalue weighted by Gasteiger charge is -2.27. The van der Waals surface area contributed by atoms with E-state index in [1.54, 1.807) is 18.2 Å². The molecule has 1 aromatic heterocycles. The van der Waals surface area contributed by atoms with E-state index in [1.165, 1.54) is 20.5 Å². The molecule has 0 unspecified atom stereocenters. The van der Waals surface area contributed by atoms with E-state index in [0.29, 0.717) is 11.3 Å². The van der Waals surface area contributed by atoms with Gasteiger partial charge < -0.3 is 13.9 Å². The van der Waals surface area contributed by atoms with Crippen LogP contribution in [0.3, 0.4) is 0 Å². The highest BCUT2D eigenvalue weighted by Gasteiger charge is 2.33. The normalized spacial score (nSPS) is 12.2. The highest BCUT2D eigenvalue weighted by molar-refractivity contribution is 7.87. The number of carbonyl (C=O) groups excluding carboxylic acids is 2. The quantitative estimate of drug-likeness (QED) is 0.0841. The summed E-state index contributed by atoms with van der Waals surface area (Å²) in [6, 6.07) is 42.6. The van der Waals surface area contributed by atoms with Gasteiger partial charge in [0.25, 0.3) is 0 Å². The van der Waals surface area contributed by atoms with Gasteiger partial charge >= 0.3 is 11.9 Å². The zero-order valence-electron chi connectivity index (χ0n) is 23.8. The van der Waals surface area contributed by atoms with Crippen LogP contribution in [-0.4, -0.2) is 26.2 Å². The number of methoxy groups -OCH3 is 2. The number of nitrogens with zero attached hydrogens (tertiary/aromatic N) is 1. The van der Waals surface area contributed by atoms with E-state index < -0.39 is 19.0 Å². The first-order chi connectivity index (χ1) is 21.1. The topological polar surface area (TPSA) is 78.1 Å². The van der Waals surface area contributed by atoms with Crippen LogP contribution in [0.1, 0.15) is 11.3 Å². The Labute approximate surface area is 251 Å².